The van der Waals surface area contributed by atoms with Crippen LogP contribution >= 0.6 is 0 Å². The number of amides is 1. The van der Waals surface area contributed by atoms with Crippen molar-refractivity contribution in [3.05, 3.63) is 29.8 Å². The van der Waals surface area contributed by atoms with Crippen LogP contribution in [0.5, 0.6) is 5.75 Å². The lowest BCUT2D eigenvalue weighted by atomic mass is 10.1. The van der Waals surface area contributed by atoms with Gasteiger partial charge in [-0.2, -0.15) is 0 Å². The van der Waals surface area contributed by atoms with Crippen molar-refractivity contribution >= 4 is 5.91 Å². The molecule has 0 aliphatic carbocycles. The van der Waals surface area contributed by atoms with Gasteiger partial charge in [0.15, 0.2) is 0 Å². The van der Waals surface area contributed by atoms with Gasteiger partial charge in [-0.1, -0.05) is 12.1 Å². The molecular weight excluding hydrogens is 287 g/mol. The largest absolute Gasteiger partial charge is 0.573 e. The van der Waals surface area contributed by atoms with Gasteiger partial charge in [-0.3, -0.25) is 4.79 Å². The van der Waals surface area contributed by atoms with E-state index in [2.05, 4.69) is 10.1 Å². The van der Waals surface area contributed by atoms with Gasteiger partial charge in [-0.25, -0.2) is 0 Å². The molecule has 2 atom stereocenters. The topological polar surface area (TPSA) is 47.6 Å². The van der Waals surface area contributed by atoms with Crippen LogP contribution in [0.25, 0.3) is 0 Å². The minimum absolute atomic E-state index is 0.101. The molecule has 0 bridgehead atoms. The summed E-state index contributed by atoms with van der Waals surface area (Å²) in [6.07, 6.45) is -4.01. The van der Waals surface area contributed by atoms with E-state index in [1.807, 2.05) is 0 Å². The normalized spacial score (nSPS) is 20.1. The van der Waals surface area contributed by atoms with Crippen LogP contribution in [0.15, 0.2) is 24.3 Å². The van der Waals surface area contributed by atoms with E-state index < -0.39 is 6.36 Å². The Bertz CT molecular complexity index is 481. The molecule has 0 aromatic heterocycles. The Morgan fingerprint density at radius 2 is 2.05 bits per heavy atom. The van der Waals surface area contributed by atoms with Crippen molar-refractivity contribution in [2.75, 3.05) is 13.2 Å². The lowest BCUT2D eigenvalue weighted by Crippen LogP contribution is -2.33. The fraction of sp³-hybridized carbons (Fsp3) is 0.500. The molecule has 7 heteroatoms. The molecule has 0 radical (unpaired) electrons. The number of rotatable bonds is 4. The van der Waals surface area contributed by atoms with Crippen molar-refractivity contribution < 1.29 is 27.4 Å². The van der Waals surface area contributed by atoms with Gasteiger partial charge in [0.2, 0.25) is 5.91 Å². The molecule has 0 saturated carbocycles. The van der Waals surface area contributed by atoms with Crippen molar-refractivity contribution in [1.82, 2.24) is 5.32 Å². The number of carbonyl (C=O) groups excluding carboxylic acids is 1. The molecule has 1 aliphatic heterocycles. The fourth-order valence-corrected chi connectivity index (χ4v) is 2.11. The number of halogens is 3. The Balaban J connectivity index is 1.93. The van der Waals surface area contributed by atoms with Gasteiger partial charge in [-0.15, -0.1) is 13.2 Å². The molecule has 21 heavy (non-hydrogen) atoms. The first-order chi connectivity index (χ1) is 9.85. The number of nitrogens with one attached hydrogen (secondary N) is 1. The number of carbonyl (C=O) groups is 1. The van der Waals surface area contributed by atoms with E-state index in [1.165, 1.54) is 24.3 Å². The molecule has 1 aromatic rings. The molecule has 0 unspecified atom stereocenters. The smallest absolute Gasteiger partial charge is 0.406 e. The van der Waals surface area contributed by atoms with Crippen LogP contribution in [0.4, 0.5) is 13.2 Å². The van der Waals surface area contributed by atoms with E-state index in [1.54, 1.807) is 6.92 Å². The Hall–Kier alpha value is -1.76. The Kier molecular flexibility index (Phi) is 4.72. The summed E-state index contributed by atoms with van der Waals surface area (Å²) < 4.78 is 45.1. The standard InChI is InChI=1S/C14H16F3NO3/c1-9(18-13(19)11-6-7-20-8-11)10-2-4-12(5-3-10)21-14(15,16)17/h2-5,9,11H,6-8H2,1H3,(H,18,19)/t9-,11+/m0/s1. The van der Waals surface area contributed by atoms with E-state index in [0.29, 0.717) is 25.2 Å². The lowest BCUT2D eigenvalue weighted by molar-refractivity contribution is -0.274. The molecule has 1 amide bonds. The summed E-state index contributed by atoms with van der Waals surface area (Å²) in [5.74, 6) is -0.537. The van der Waals surface area contributed by atoms with Crippen molar-refractivity contribution in [2.24, 2.45) is 5.92 Å². The van der Waals surface area contributed by atoms with Gasteiger partial charge in [0.25, 0.3) is 0 Å². The number of hydrogen-bond acceptors (Lipinski definition) is 3. The number of ether oxygens (including phenoxy) is 2. The summed E-state index contributed by atoms with van der Waals surface area (Å²) in [7, 11) is 0. The van der Waals surface area contributed by atoms with E-state index in [9.17, 15) is 18.0 Å². The van der Waals surface area contributed by atoms with Gasteiger partial charge >= 0.3 is 6.36 Å². The number of benzene rings is 1. The predicted molar refractivity (Wildman–Crippen MR) is 68.6 cm³/mol. The minimum Gasteiger partial charge on any atom is -0.406 e. The van der Waals surface area contributed by atoms with Gasteiger partial charge in [0, 0.05) is 6.61 Å². The number of hydrogen-bond donors (Lipinski definition) is 1. The molecular formula is C14H16F3NO3. The zero-order valence-corrected chi connectivity index (χ0v) is 11.4. The molecule has 1 aromatic carbocycles. The first-order valence-electron chi connectivity index (χ1n) is 6.59. The van der Waals surface area contributed by atoms with Crippen LogP contribution in [0.1, 0.15) is 24.9 Å². The zero-order valence-electron chi connectivity index (χ0n) is 11.4. The molecule has 4 nitrogen and oxygen atoms in total. The average Bonchev–Trinajstić information content (AvgIpc) is 2.91. The third kappa shape index (κ3) is 4.63. The third-order valence-electron chi connectivity index (χ3n) is 3.27. The molecule has 1 heterocycles. The summed E-state index contributed by atoms with van der Waals surface area (Å²) in [6, 6.07) is 5.15. The summed E-state index contributed by atoms with van der Waals surface area (Å²) in [4.78, 5) is 11.9. The highest BCUT2D eigenvalue weighted by molar-refractivity contribution is 5.79. The van der Waals surface area contributed by atoms with Crippen molar-refractivity contribution in [2.45, 2.75) is 25.7 Å². The molecule has 1 N–H and O–H groups in total. The Labute approximate surface area is 120 Å². The van der Waals surface area contributed by atoms with Gasteiger partial charge < -0.3 is 14.8 Å². The lowest BCUT2D eigenvalue weighted by Gasteiger charge is -2.17. The number of alkyl halides is 3. The van der Waals surface area contributed by atoms with Crippen LogP contribution in [0.2, 0.25) is 0 Å². The maximum Gasteiger partial charge on any atom is 0.573 e. The van der Waals surface area contributed by atoms with Gasteiger partial charge in [0.1, 0.15) is 5.75 Å². The van der Waals surface area contributed by atoms with Crippen LogP contribution in [0, 0.1) is 5.92 Å². The Morgan fingerprint density at radius 3 is 2.57 bits per heavy atom. The predicted octanol–water partition coefficient (Wildman–Crippen LogP) is 2.80. The van der Waals surface area contributed by atoms with Crippen LogP contribution < -0.4 is 10.1 Å². The molecule has 2 rings (SSSR count). The summed E-state index contributed by atoms with van der Waals surface area (Å²) >= 11 is 0. The second-order valence-electron chi connectivity index (χ2n) is 4.91. The van der Waals surface area contributed by atoms with Crippen molar-refractivity contribution in [3.8, 4) is 5.75 Å². The minimum atomic E-state index is -4.70. The monoisotopic (exact) mass is 303 g/mol. The second-order valence-corrected chi connectivity index (χ2v) is 4.91. The van der Waals surface area contributed by atoms with Crippen molar-refractivity contribution in [3.63, 3.8) is 0 Å². The summed E-state index contributed by atoms with van der Waals surface area (Å²) in [5.41, 5.74) is 0.705. The quantitative estimate of drug-likeness (QED) is 0.930. The Morgan fingerprint density at radius 1 is 1.38 bits per heavy atom. The maximum absolute atomic E-state index is 12.1. The zero-order chi connectivity index (χ0) is 15.5. The summed E-state index contributed by atoms with van der Waals surface area (Å²) in [6.45, 7) is 2.76. The molecule has 1 fully saturated rings. The van der Waals surface area contributed by atoms with E-state index >= 15 is 0 Å². The highest BCUT2D eigenvalue weighted by atomic mass is 19.4. The average molecular weight is 303 g/mol. The molecule has 0 spiro atoms. The SMILES string of the molecule is C[C@H](NC(=O)[C@@H]1CCOC1)c1ccc(OC(F)(F)F)cc1. The molecule has 116 valence electrons. The second kappa shape index (κ2) is 6.34. The van der Waals surface area contributed by atoms with Gasteiger partial charge in [-0.05, 0) is 31.0 Å². The van der Waals surface area contributed by atoms with Crippen LogP contribution in [0.3, 0.4) is 0 Å². The first-order valence-corrected chi connectivity index (χ1v) is 6.59. The van der Waals surface area contributed by atoms with E-state index in [0.717, 1.165) is 0 Å². The fourth-order valence-electron chi connectivity index (χ4n) is 2.11. The maximum atomic E-state index is 12.1. The third-order valence-corrected chi connectivity index (χ3v) is 3.27. The summed E-state index contributed by atoms with van der Waals surface area (Å²) in [5, 5.41) is 2.82. The van der Waals surface area contributed by atoms with Crippen LogP contribution in [-0.4, -0.2) is 25.5 Å². The highest BCUT2D eigenvalue weighted by Gasteiger charge is 2.31. The van der Waals surface area contributed by atoms with Crippen molar-refractivity contribution in [1.29, 1.82) is 0 Å². The molecule has 1 aliphatic rings. The van der Waals surface area contributed by atoms with E-state index in [4.69, 9.17) is 4.74 Å². The molecule has 1 saturated heterocycles. The van der Waals surface area contributed by atoms with Gasteiger partial charge in [0.05, 0.1) is 18.6 Å². The van der Waals surface area contributed by atoms with E-state index in [-0.39, 0.29) is 23.6 Å². The first kappa shape index (κ1) is 15.6. The van der Waals surface area contributed by atoms with Crippen LogP contribution in [-0.2, 0) is 9.53 Å². The highest BCUT2D eigenvalue weighted by Crippen LogP contribution is 2.24.